The number of carbonyl (C=O) groups is 1. The highest BCUT2D eigenvalue weighted by Crippen LogP contribution is 2.26. The highest BCUT2D eigenvalue weighted by molar-refractivity contribution is 6.13. The fraction of sp³-hybridized carbons (Fsp3) is 0.188. The Morgan fingerprint density at radius 1 is 1.00 bits per heavy atom. The first kappa shape index (κ1) is 13.1. The third-order valence-corrected chi connectivity index (χ3v) is 3.41. The normalized spacial score (nSPS) is 10.3. The van der Waals surface area contributed by atoms with Gasteiger partial charge in [-0.2, -0.15) is 0 Å². The molecule has 0 radical (unpaired) electrons. The third kappa shape index (κ3) is 2.32. The summed E-state index contributed by atoms with van der Waals surface area (Å²) < 4.78 is 5.25. The molecular formula is C16H17NO2. The van der Waals surface area contributed by atoms with E-state index in [2.05, 4.69) is 0 Å². The molecule has 0 heterocycles. The van der Waals surface area contributed by atoms with Gasteiger partial charge in [0.1, 0.15) is 5.75 Å². The van der Waals surface area contributed by atoms with Crippen LogP contribution in [0.2, 0.25) is 0 Å². The molecule has 3 heteroatoms. The van der Waals surface area contributed by atoms with Gasteiger partial charge in [0.15, 0.2) is 5.78 Å². The van der Waals surface area contributed by atoms with Crippen molar-refractivity contribution in [3.8, 4) is 5.75 Å². The van der Waals surface area contributed by atoms with E-state index in [1.54, 1.807) is 25.3 Å². The Kier molecular flexibility index (Phi) is 3.56. The molecule has 0 saturated heterocycles. The summed E-state index contributed by atoms with van der Waals surface area (Å²) in [6.07, 6.45) is 0. The van der Waals surface area contributed by atoms with Crippen LogP contribution in [0.25, 0.3) is 0 Å². The van der Waals surface area contributed by atoms with Gasteiger partial charge < -0.3 is 10.5 Å². The molecule has 0 bridgehead atoms. The molecule has 0 aliphatic heterocycles. The molecule has 98 valence electrons. The monoisotopic (exact) mass is 255 g/mol. The number of nitrogen functional groups attached to an aromatic ring is 1. The van der Waals surface area contributed by atoms with Gasteiger partial charge in [-0.25, -0.2) is 0 Å². The Labute approximate surface area is 113 Å². The number of anilines is 1. The molecule has 0 aliphatic carbocycles. The molecule has 19 heavy (non-hydrogen) atoms. The highest BCUT2D eigenvalue weighted by Gasteiger charge is 2.16. The molecule has 0 unspecified atom stereocenters. The third-order valence-electron chi connectivity index (χ3n) is 3.41. The van der Waals surface area contributed by atoms with Gasteiger partial charge >= 0.3 is 0 Å². The SMILES string of the molecule is COc1ccc(C(=O)c2ccccc2N)c(C)c1C. The minimum Gasteiger partial charge on any atom is -0.496 e. The zero-order valence-corrected chi connectivity index (χ0v) is 11.4. The Bertz CT molecular complexity index is 633. The summed E-state index contributed by atoms with van der Waals surface area (Å²) in [6.45, 7) is 3.86. The smallest absolute Gasteiger partial charge is 0.195 e. The van der Waals surface area contributed by atoms with Gasteiger partial charge in [-0.3, -0.25) is 4.79 Å². The van der Waals surface area contributed by atoms with Crippen LogP contribution in [-0.2, 0) is 0 Å². The van der Waals surface area contributed by atoms with Crippen molar-refractivity contribution in [2.75, 3.05) is 12.8 Å². The number of para-hydroxylation sites is 1. The standard InChI is InChI=1S/C16H17NO2/c1-10-11(2)15(19-3)9-8-12(10)16(18)13-6-4-5-7-14(13)17/h4-9H,17H2,1-3H3. The molecule has 2 rings (SSSR count). The zero-order valence-electron chi connectivity index (χ0n) is 11.4. The fourth-order valence-electron chi connectivity index (χ4n) is 2.11. The van der Waals surface area contributed by atoms with Crippen molar-refractivity contribution >= 4 is 11.5 Å². The molecular weight excluding hydrogens is 238 g/mol. The van der Waals surface area contributed by atoms with E-state index in [0.29, 0.717) is 16.8 Å². The molecule has 2 aromatic rings. The van der Waals surface area contributed by atoms with E-state index < -0.39 is 0 Å². The summed E-state index contributed by atoms with van der Waals surface area (Å²) >= 11 is 0. The van der Waals surface area contributed by atoms with Crippen LogP contribution in [0.15, 0.2) is 36.4 Å². The number of nitrogens with two attached hydrogens (primary N) is 1. The van der Waals surface area contributed by atoms with Crippen molar-refractivity contribution in [2.45, 2.75) is 13.8 Å². The van der Waals surface area contributed by atoms with Gasteiger partial charge in [-0.05, 0) is 49.2 Å². The van der Waals surface area contributed by atoms with Gasteiger partial charge in [0.25, 0.3) is 0 Å². The summed E-state index contributed by atoms with van der Waals surface area (Å²) in [5, 5.41) is 0. The summed E-state index contributed by atoms with van der Waals surface area (Å²) in [7, 11) is 1.62. The molecule has 0 fully saturated rings. The zero-order chi connectivity index (χ0) is 14.0. The Morgan fingerprint density at radius 2 is 1.68 bits per heavy atom. The molecule has 0 spiro atoms. The number of ketones is 1. The summed E-state index contributed by atoms with van der Waals surface area (Å²) in [6, 6.07) is 10.7. The van der Waals surface area contributed by atoms with Crippen LogP contribution >= 0.6 is 0 Å². The van der Waals surface area contributed by atoms with Crippen molar-refractivity contribution in [1.29, 1.82) is 0 Å². The van der Waals surface area contributed by atoms with Crippen LogP contribution < -0.4 is 10.5 Å². The van der Waals surface area contributed by atoms with E-state index in [4.69, 9.17) is 10.5 Å². The molecule has 2 aromatic carbocycles. The van der Waals surface area contributed by atoms with Gasteiger partial charge in [-0.15, -0.1) is 0 Å². The van der Waals surface area contributed by atoms with Crippen LogP contribution in [0.1, 0.15) is 27.0 Å². The number of ether oxygens (including phenoxy) is 1. The van der Waals surface area contributed by atoms with E-state index in [1.807, 2.05) is 32.0 Å². The van der Waals surface area contributed by atoms with E-state index in [0.717, 1.165) is 16.9 Å². The van der Waals surface area contributed by atoms with Gasteiger partial charge in [0, 0.05) is 16.8 Å². The molecule has 0 saturated carbocycles. The molecule has 0 aromatic heterocycles. The van der Waals surface area contributed by atoms with Crippen molar-refractivity contribution in [3.63, 3.8) is 0 Å². The van der Waals surface area contributed by atoms with E-state index >= 15 is 0 Å². The number of hydrogen-bond acceptors (Lipinski definition) is 3. The van der Waals surface area contributed by atoms with Crippen LogP contribution in [-0.4, -0.2) is 12.9 Å². The van der Waals surface area contributed by atoms with Crippen LogP contribution in [0.5, 0.6) is 5.75 Å². The maximum Gasteiger partial charge on any atom is 0.195 e. The maximum absolute atomic E-state index is 12.5. The predicted octanol–water partition coefficient (Wildman–Crippen LogP) is 3.13. The lowest BCUT2D eigenvalue weighted by Gasteiger charge is -2.12. The first-order chi connectivity index (χ1) is 9.06. The average Bonchev–Trinajstić information content (AvgIpc) is 2.41. The van der Waals surface area contributed by atoms with Crippen molar-refractivity contribution in [2.24, 2.45) is 0 Å². The second kappa shape index (κ2) is 5.14. The lowest BCUT2D eigenvalue weighted by atomic mass is 9.95. The van der Waals surface area contributed by atoms with Crippen molar-refractivity contribution < 1.29 is 9.53 Å². The Hall–Kier alpha value is -2.29. The quantitative estimate of drug-likeness (QED) is 0.677. The second-order valence-electron chi connectivity index (χ2n) is 4.48. The van der Waals surface area contributed by atoms with E-state index in [-0.39, 0.29) is 5.78 Å². The van der Waals surface area contributed by atoms with Crippen LogP contribution in [0.4, 0.5) is 5.69 Å². The predicted molar refractivity (Wildman–Crippen MR) is 76.8 cm³/mol. The number of benzene rings is 2. The fourth-order valence-corrected chi connectivity index (χ4v) is 2.11. The largest absolute Gasteiger partial charge is 0.496 e. The van der Waals surface area contributed by atoms with E-state index in [1.165, 1.54) is 0 Å². The molecule has 0 atom stereocenters. The van der Waals surface area contributed by atoms with Gasteiger partial charge in [-0.1, -0.05) is 12.1 Å². The first-order valence-electron chi connectivity index (χ1n) is 6.09. The highest BCUT2D eigenvalue weighted by atomic mass is 16.5. The summed E-state index contributed by atoms with van der Waals surface area (Å²) in [5.41, 5.74) is 9.46. The van der Waals surface area contributed by atoms with E-state index in [9.17, 15) is 4.79 Å². The molecule has 2 N–H and O–H groups in total. The summed E-state index contributed by atoms with van der Waals surface area (Å²) in [5.74, 6) is 0.733. The van der Waals surface area contributed by atoms with Crippen molar-refractivity contribution in [1.82, 2.24) is 0 Å². The number of rotatable bonds is 3. The van der Waals surface area contributed by atoms with Crippen LogP contribution in [0, 0.1) is 13.8 Å². The minimum absolute atomic E-state index is 0.0543. The maximum atomic E-state index is 12.5. The lowest BCUT2D eigenvalue weighted by molar-refractivity contribution is 0.103. The summed E-state index contributed by atoms with van der Waals surface area (Å²) in [4.78, 5) is 12.5. The minimum atomic E-state index is -0.0543. The Balaban J connectivity index is 2.52. The Morgan fingerprint density at radius 3 is 2.32 bits per heavy atom. The molecule has 3 nitrogen and oxygen atoms in total. The number of methoxy groups -OCH3 is 1. The topological polar surface area (TPSA) is 52.3 Å². The lowest BCUT2D eigenvalue weighted by Crippen LogP contribution is -2.08. The molecule has 0 aliphatic rings. The second-order valence-corrected chi connectivity index (χ2v) is 4.48. The number of hydrogen-bond donors (Lipinski definition) is 1. The molecule has 0 amide bonds. The van der Waals surface area contributed by atoms with Crippen molar-refractivity contribution in [3.05, 3.63) is 58.7 Å². The van der Waals surface area contributed by atoms with Gasteiger partial charge in [0.05, 0.1) is 7.11 Å². The first-order valence-corrected chi connectivity index (χ1v) is 6.09. The van der Waals surface area contributed by atoms with Gasteiger partial charge in [0.2, 0.25) is 0 Å². The van der Waals surface area contributed by atoms with Crippen LogP contribution in [0.3, 0.4) is 0 Å². The number of carbonyl (C=O) groups excluding carboxylic acids is 1. The average molecular weight is 255 g/mol.